The lowest BCUT2D eigenvalue weighted by molar-refractivity contribution is 0.0686. The Morgan fingerprint density at radius 2 is 2.15 bits per heavy atom. The Bertz CT molecular complexity index is 328. The molecule has 0 fully saturated rings. The first kappa shape index (κ1) is 10.4. The molecule has 70 valence electrons. The van der Waals surface area contributed by atoms with E-state index in [1.54, 1.807) is 18.0 Å². The van der Waals surface area contributed by atoms with E-state index in [4.69, 9.17) is 5.11 Å². The van der Waals surface area contributed by atoms with E-state index in [9.17, 15) is 4.79 Å². The molecule has 0 aliphatic carbocycles. The third kappa shape index (κ3) is 2.38. The van der Waals surface area contributed by atoms with E-state index < -0.39 is 5.97 Å². The van der Waals surface area contributed by atoms with Crippen LogP contribution in [0.25, 0.3) is 0 Å². The standard InChI is InChI=1S/C8H9NO2S2/c1-12-5-3-6(13-2)7(8(10)11)9-4-5/h3-4H,1-2H3,(H,10,11). The van der Waals surface area contributed by atoms with Gasteiger partial charge in [-0.25, -0.2) is 9.78 Å². The molecule has 0 radical (unpaired) electrons. The molecule has 1 heterocycles. The van der Waals surface area contributed by atoms with Gasteiger partial charge in [0.25, 0.3) is 0 Å². The maximum Gasteiger partial charge on any atom is 0.355 e. The molecule has 0 atom stereocenters. The monoisotopic (exact) mass is 215 g/mol. The number of carboxylic acid groups (broad SMARTS) is 1. The van der Waals surface area contributed by atoms with Crippen molar-refractivity contribution in [1.29, 1.82) is 0 Å². The second-order valence-electron chi connectivity index (χ2n) is 2.23. The van der Waals surface area contributed by atoms with Gasteiger partial charge in [0.05, 0.1) is 0 Å². The van der Waals surface area contributed by atoms with Crippen LogP contribution in [-0.4, -0.2) is 28.6 Å². The number of nitrogens with zero attached hydrogens (tertiary/aromatic N) is 1. The lowest BCUT2D eigenvalue weighted by Gasteiger charge is -2.03. The van der Waals surface area contributed by atoms with Crippen LogP contribution < -0.4 is 0 Å². The first-order chi connectivity index (χ1) is 6.19. The number of carbonyl (C=O) groups is 1. The molecule has 1 N–H and O–H groups in total. The molecule has 0 aliphatic rings. The Hall–Kier alpha value is -0.680. The normalized spacial score (nSPS) is 10.0. The van der Waals surface area contributed by atoms with E-state index in [2.05, 4.69) is 4.98 Å². The van der Waals surface area contributed by atoms with E-state index in [-0.39, 0.29) is 5.69 Å². The zero-order valence-electron chi connectivity index (χ0n) is 7.27. The van der Waals surface area contributed by atoms with Gasteiger partial charge in [0.1, 0.15) is 0 Å². The first-order valence-corrected chi connectivity index (χ1v) is 5.95. The van der Waals surface area contributed by atoms with E-state index in [0.717, 1.165) is 4.90 Å². The van der Waals surface area contributed by atoms with Crippen molar-refractivity contribution in [2.24, 2.45) is 0 Å². The SMILES string of the molecule is CSc1cnc(C(=O)O)c(SC)c1. The number of aromatic nitrogens is 1. The summed E-state index contributed by atoms with van der Waals surface area (Å²) in [5.41, 5.74) is 0.130. The summed E-state index contributed by atoms with van der Waals surface area (Å²) in [5, 5.41) is 8.78. The lowest BCUT2D eigenvalue weighted by Crippen LogP contribution is -2.02. The minimum absolute atomic E-state index is 0.130. The summed E-state index contributed by atoms with van der Waals surface area (Å²) in [4.78, 5) is 16.3. The molecular formula is C8H9NO2S2. The molecule has 0 spiro atoms. The van der Waals surface area contributed by atoms with E-state index >= 15 is 0 Å². The van der Waals surface area contributed by atoms with Crippen LogP contribution in [-0.2, 0) is 0 Å². The number of hydrogen-bond acceptors (Lipinski definition) is 4. The highest BCUT2D eigenvalue weighted by atomic mass is 32.2. The maximum absolute atomic E-state index is 10.7. The Balaban J connectivity index is 3.15. The Morgan fingerprint density at radius 1 is 1.46 bits per heavy atom. The first-order valence-electron chi connectivity index (χ1n) is 3.50. The van der Waals surface area contributed by atoms with E-state index in [0.29, 0.717) is 4.90 Å². The van der Waals surface area contributed by atoms with Crippen molar-refractivity contribution in [2.45, 2.75) is 9.79 Å². The van der Waals surface area contributed by atoms with Crippen molar-refractivity contribution >= 4 is 29.5 Å². The Labute approximate surface area is 84.9 Å². The second-order valence-corrected chi connectivity index (χ2v) is 3.96. The average Bonchev–Trinajstić information content (AvgIpc) is 2.16. The van der Waals surface area contributed by atoms with Crippen molar-refractivity contribution in [3.05, 3.63) is 18.0 Å². The van der Waals surface area contributed by atoms with Gasteiger partial charge in [0, 0.05) is 16.0 Å². The summed E-state index contributed by atoms with van der Waals surface area (Å²) >= 11 is 2.95. The van der Waals surface area contributed by atoms with E-state index in [1.807, 2.05) is 18.6 Å². The van der Waals surface area contributed by atoms with Gasteiger partial charge >= 0.3 is 5.97 Å². The van der Waals surface area contributed by atoms with Gasteiger partial charge in [0.2, 0.25) is 0 Å². The predicted octanol–water partition coefficient (Wildman–Crippen LogP) is 2.22. The smallest absolute Gasteiger partial charge is 0.355 e. The molecule has 0 bridgehead atoms. The molecule has 13 heavy (non-hydrogen) atoms. The summed E-state index contributed by atoms with van der Waals surface area (Å²) in [6, 6.07) is 1.84. The van der Waals surface area contributed by atoms with Crippen molar-refractivity contribution in [2.75, 3.05) is 12.5 Å². The van der Waals surface area contributed by atoms with Gasteiger partial charge in [-0.1, -0.05) is 0 Å². The summed E-state index contributed by atoms with van der Waals surface area (Å²) < 4.78 is 0. The molecule has 1 aromatic heterocycles. The van der Waals surface area contributed by atoms with Gasteiger partial charge in [-0.05, 0) is 18.6 Å². The summed E-state index contributed by atoms with van der Waals surface area (Å²) in [7, 11) is 0. The van der Waals surface area contributed by atoms with Gasteiger partial charge in [0.15, 0.2) is 5.69 Å². The molecule has 0 aromatic carbocycles. The molecule has 5 heteroatoms. The van der Waals surface area contributed by atoms with Gasteiger partial charge < -0.3 is 5.11 Å². The Morgan fingerprint density at radius 3 is 2.62 bits per heavy atom. The van der Waals surface area contributed by atoms with Crippen LogP contribution in [0.3, 0.4) is 0 Å². The number of rotatable bonds is 3. The number of thioether (sulfide) groups is 2. The molecule has 1 aromatic rings. The highest BCUT2D eigenvalue weighted by Gasteiger charge is 2.11. The topological polar surface area (TPSA) is 50.2 Å². The number of carboxylic acids is 1. The van der Waals surface area contributed by atoms with Crippen LogP contribution >= 0.6 is 23.5 Å². The fraction of sp³-hybridized carbons (Fsp3) is 0.250. The quantitative estimate of drug-likeness (QED) is 0.783. The molecule has 0 amide bonds. The predicted molar refractivity (Wildman–Crippen MR) is 54.8 cm³/mol. The van der Waals surface area contributed by atoms with Crippen LogP contribution in [0.15, 0.2) is 22.1 Å². The number of pyridine rings is 1. The number of aromatic carboxylic acids is 1. The van der Waals surface area contributed by atoms with Crippen molar-refractivity contribution < 1.29 is 9.90 Å². The van der Waals surface area contributed by atoms with Gasteiger partial charge in [-0.3, -0.25) is 0 Å². The molecule has 1 rings (SSSR count). The molecule has 0 saturated carbocycles. The molecule has 0 saturated heterocycles. The van der Waals surface area contributed by atoms with Crippen LogP contribution in [0.4, 0.5) is 0 Å². The van der Waals surface area contributed by atoms with Crippen molar-refractivity contribution in [3.63, 3.8) is 0 Å². The van der Waals surface area contributed by atoms with Crippen LogP contribution in [0.5, 0.6) is 0 Å². The zero-order chi connectivity index (χ0) is 9.84. The second kappa shape index (κ2) is 4.53. The van der Waals surface area contributed by atoms with Crippen molar-refractivity contribution in [1.82, 2.24) is 4.98 Å². The summed E-state index contributed by atoms with van der Waals surface area (Å²) in [5.74, 6) is -0.975. The maximum atomic E-state index is 10.7. The van der Waals surface area contributed by atoms with Crippen LogP contribution in [0.2, 0.25) is 0 Å². The molecule has 3 nitrogen and oxygen atoms in total. The third-order valence-corrected chi connectivity index (χ3v) is 2.93. The number of hydrogen-bond donors (Lipinski definition) is 1. The summed E-state index contributed by atoms with van der Waals surface area (Å²) in [6.45, 7) is 0. The highest BCUT2D eigenvalue weighted by Crippen LogP contribution is 2.23. The van der Waals surface area contributed by atoms with Gasteiger partial charge in [-0.2, -0.15) is 0 Å². The minimum atomic E-state index is -0.975. The lowest BCUT2D eigenvalue weighted by atomic mass is 10.3. The largest absolute Gasteiger partial charge is 0.476 e. The van der Waals surface area contributed by atoms with E-state index in [1.165, 1.54) is 11.8 Å². The molecule has 0 unspecified atom stereocenters. The minimum Gasteiger partial charge on any atom is -0.476 e. The van der Waals surface area contributed by atoms with Crippen LogP contribution in [0, 0.1) is 0 Å². The average molecular weight is 215 g/mol. The molecular weight excluding hydrogens is 206 g/mol. The zero-order valence-corrected chi connectivity index (χ0v) is 8.91. The van der Waals surface area contributed by atoms with Gasteiger partial charge in [-0.15, -0.1) is 23.5 Å². The fourth-order valence-electron chi connectivity index (χ4n) is 0.854. The third-order valence-electron chi connectivity index (χ3n) is 1.49. The fourth-order valence-corrected chi connectivity index (χ4v) is 1.90. The Kier molecular flexibility index (Phi) is 3.62. The molecule has 0 aliphatic heterocycles. The van der Waals surface area contributed by atoms with Crippen LogP contribution in [0.1, 0.15) is 10.5 Å². The highest BCUT2D eigenvalue weighted by molar-refractivity contribution is 7.99. The van der Waals surface area contributed by atoms with Crippen molar-refractivity contribution in [3.8, 4) is 0 Å². The summed E-state index contributed by atoms with van der Waals surface area (Å²) in [6.07, 6.45) is 5.35.